The summed E-state index contributed by atoms with van der Waals surface area (Å²) in [6, 6.07) is 13.8. The molecule has 0 N–H and O–H groups in total. The molecule has 0 aliphatic carbocycles. The van der Waals surface area contributed by atoms with E-state index in [0.717, 1.165) is 5.56 Å². The van der Waals surface area contributed by atoms with E-state index in [1.807, 2.05) is 0 Å². The topological polar surface area (TPSA) is 52.6 Å². The smallest absolute Gasteiger partial charge is 0.331 e. The number of ether oxygens (including phenoxy) is 2. The average molecular weight is 331 g/mol. The fourth-order valence-corrected chi connectivity index (χ4v) is 2.00. The minimum absolute atomic E-state index is 0.323. The van der Waals surface area contributed by atoms with Crippen LogP contribution in [-0.4, -0.2) is 25.5 Å². The average Bonchev–Trinajstić information content (AvgIpc) is 2.59. The number of benzene rings is 2. The lowest BCUT2D eigenvalue weighted by atomic mass is 10.1. The summed E-state index contributed by atoms with van der Waals surface area (Å²) < 4.78 is 10.0. The fraction of sp³-hybridized carbons (Fsp3) is 0.111. The number of Topliss-reactive ketones (excluding diaryl/α,β-unsaturated/α-hetero) is 1. The van der Waals surface area contributed by atoms with Gasteiger partial charge in [0, 0.05) is 11.1 Å². The van der Waals surface area contributed by atoms with Crippen LogP contribution >= 0.6 is 11.6 Å². The van der Waals surface area contributed by atoms with Crippen LogP contribution < -0.4 is 4.74 Å². The Morgan fingerprint density at radius 3 is 2.48 bits per heavy atom. The van der Waals surface area contributed by atoms with Crippen molar-refractivity contribution in [3.8, 4) is 5.75 Å². The van der Waals surface area contributed by atoms with Gasteiger partial charge in [-0.15, -0.1) is 0 Å². The molecule has 0 spiro atoms. The Bertz CT molecular complexity index is 720. The Labute approximate surface area is 139 Å². The molecule has 23 heavy (non-hydrogen) atoms. The summed E-state index contributed by atoms with van der Waals surface area (Å²) in [6.07, 6.45) is 2.85. The van der Waals surface area contributed by atoms with E-state index in [4.69, 9.17) is 21.1 Å². The van der Waals surface area contributed by atoms with Crippen LogP contribution in [0.25, 0.3) is 6.08 Å². The van der Waals surface area contributed by atoms with Gasteiger partial charge in [-0.1, -0.05) is 35.9 Å². The van der Waals surface area contributed by atoms with Crippen molar-refractivity contribution in [2.24, 2.45) is 0 Å². The molecule has 0 radical (unpaired) electrons. The third-order valence-corrected chi connectivity index (χ3v) is 3.29. The minimum Gasteiger partial charge on any atom is -0.496 e. The van der Waals surface area contributed by atoms with Gasteiger partial charge in [0.2, 0.25) is 5.78 Å². The lowest BCUT2D eigenvalue weighted by Crippen LogP contribution is -2.13. The number of carbonyl (C=O) groups excluding carboxylic acids is 2. The van der Waals surface area contributed by atoms with Crippen LogP contribution in [0.5, 0.6) is 5.75 Å². The minimum atomic E-state index is -0.594. The fourth-order valence-electron chi connectivity index (χ4n) is 1.88. The number of hydrogen-bond donors (Lipinski definition) is 0. The molecule has 0 saturated carbocycles. The van der Waals surface area contributed by atoms with Crippen LogP contribution in [-0.2, 0) is 9.53 Å². The zero-order valence-corrected chi connectivity index (χ0v) is 13.2. The largest absolute Gasteiger partial charge is 0.496 e. The second-order valence-electron chi connectivity index (χ2n) is 4.62. The van der Waals surface area contributed by atoms with Gasteiger partial charge in [0.05, 0.1) is 12.7 Å². The molecule has 2 rings (SSSR count). The maximum atomic E-state index is 12.0. The summed E-state index contributed by atoms with van der Waals surface area (Å²) in [7, 11) is 1.48. The van der Waals surface area contributed by atoms with Crippen LogP contribution in [0, 0.1) is 0 Å². The van der Waals surface area contributed by atoms with Gasteiger partial charge in [-0.2, -0.15) is 0 Å². The van der Waals surface area contributed by atoms with Crippen molar-refractivity contribution in [1.29, 1.82) is 0 Å². The van der Waals surface area contributed by atoms with Crippen molar-refractivity contribution in [3.05, 3.63) is 70.8 Å². The summed E-state index contributed by atoms with van der Waals surface area (Å²) in [6.45, 7) is -0.343. The third-order valence-electron chi connectivity index (χ3n) is 3.03. The normalized spacial score (nSPS) is 10.5. The summed E-state index contributed by atoms with van der Waals surface area (Å²) in [5.74, 6) is -0.468. The monoisotopic (exact) mass is 330 g/mol. The Kier molecular flexibility index (Phi) is 5.94. The Hall–Kier alpha value is -2.59. The molecule has 0 amide bonds. The maximum absolute atomic E-state index is 12.0. The standard InChI is InChI=1S/C18H15ClO4/c1-22-17-5-3-2-4-15(17)16(20)12-23-18(21)11-8-13-6-9-14(19)10-7-13/h2-11H,12H2,1H3. The van der Waals surface area contributed by atoms with Crippen molar-refractivity contribution in [3.63, 3.8) is 0 Å². The summed E-state index contributed by atoms with van der Waals surface area (Å²) >= 11 is 5.78. The molecule has 0 aliphatic heterocycles. The van der Waals surface area contributed by atoms with Crippen molar-refractivity contribution in [2.75, 3.05) is 13.7 Å². The summed E-state index contributed by atoms with van der Waals surface area (Å²) in [5.41, 5.74) is 1.19. The molecular formula is C18H15ClO4. The van der Waals surface area contributed by atoms with Gasteiger partial charge in [-0.05, 0) is 35.9 Å². The van der Waals surface area contributed by atoms with Crippen LogP contribution in [0.4, 0.5) is 0 Å². The highest BCUT2D eigenvalue weighted by atomic mass is 35.5. The van der Waals surface area contributed by atoms with Gasteiger partial charge in [0.1, 0.15) is 5.75 Å². The van der Waals surface area contributed by atoms with Gasteiger partial charge in [-0.25, -0.2) is 4.79 Å². The number of hydrogen-bond acceptors (Lipinski definition) is 4. The first-order chi connectivity index (χ1) is 11.1. The lowest BCUT2D eigenvalue weighted by Gasteiger charge is -2.07. The maximum Gasteiger partial charge on any atom is 0.331 e. The van der Waals surface area contributed by atoms with Crippen LogP contribution in [0.2, 0.25) is 5.02 Å². The van der Waals surface area contributed by atoms with E-state index in [1.165, 1.54) is 13.2 Å². The first-order valence-corrected chi connectivity index (χ1v) is 7.24. The van der Waals surface area contributed by atoms with Crippen molar-refractivity contribution < 1.29 is 19.1 Å². The van der Waals surface area contributed by atoms with Gasteiger partial charge < -0.3 is 9.47 Å². The molecule has 0 bridgehead atoms. The van der Waals surface area contributed by atoms with Crippen molar-refractivity contribution >= 4 is 29.4 Å². The molecule has 0 unspecified atom stereocenters. The number of esters is 1. The first-order valence-electron chi connectivity index (χ1n) is 6.87. The van der Waals surface area contributed by atoms with Crippen molar-refractivity contribution in [1.82, 2.24) is 0 Å². The van der Waals surface area contributed by atoms with E-state index in [0.29, 0.717) is 16.3 Å². The number of carbonyl (C=O) groups is 2. The van der Waals surface area contributed by atoms with Crippen LogP contribution in [0.3, 0.4) is 0 Å². The molecule has 4 nitrogen and oxygen atoms in total. The quantitative estimate of drug-likeness (QED) is 0.459. The third kappa shape index (κ3) is 4.97. The highest BCUT2D eigenvalue weighted by Gasteiger charge is 2.13. The van der Waals surface area contributed by atoms with E-state index in [9.17, 15) is 9.59 Å². The highest BCUT2D eigenvalue weighted by molar-refractivity contribution is 6.30. The Balaban J connectivity index is 1.91. The number of rotatable bonds is 6. The van der Waals surface area contributed by atoms with E-state index in [2.05, 4.69) is 0 Å². The highest BCUT2D eigenvalue weighted by Crippen LogP contribution is 2.17. The SMILES string of the molecule is COc1ccccc1C(=O)COC(=O)C=Cc1ccc(Cl)cc1. The molecule has 2 aromatic rings. The number of halogens is 1. The molecule has 5 heteroatoms. The van der Waals surface area contributed by atoms with E-state index in [-0.39, 0.29) is 12.4 Å². The molecule has 0 fully saturated rings. The molecule has 0 atom stereocenters. The second kappa shape index (κ2) is 8.15. The Morgan fingerprint density at radius 2 is 1.78 bits per heavy atom. The predicted octanol–water partition coefficient (Wildman–Crippen LogP) is 3.79. The van der Waals surface area contributed by atoms with Crippen LogP contribution in [0.15, 0.2) is 54.6 Å². The van der Waals surface area contributed by atoms with Gasteiger partial charge in [-0.3, -0.25) is 4.79 Å². The molecular weight excluding hydrogens is 316 g/mol. The van der Waals surface area contributed by atoms with Crippen LogP contribution in [0.1, 0.15) is 15.9 Å². The number of ketones is 1. The zero-order valence-electron chi connectivity index (χ0n) is 12.5. The summed E-state index contributed by atoms with van der Waals surface area (Å²) in [4.78, 5) is 23.7. The van der Waals surface area contributed by atoms with Gasteiger partial charge in [0.15, 0.2) is 6.61 Å². The molecule has 0 aliphatic rings. The summed E-state index contributed by atoms with van der Waals surface area (Å²) in [5, 5.41) is 0.618. The van der Waals surface area contributed by atoms with Crippen molar-refractivity contribution in [2.45, 2.75) is 0 Å². The molecule has 0 heterocycles. The first kappa shape index (κ1) is 16.8. The van der Waals surface area contributed by atoms with E-state index < -0.39 is 5.97 Å². The molecule has 0 saturated heterocycles. The zero-order chi connectivity index (χ0) is 16.7. The molecule has 0 aromatic heterocycles. The number of para-hydroxylation sites is 1. The number of methoxy groups -OCH3 is 1. The van der Waals surface area contributed by atoms with Gasteiger partial charge >= 0.3 is 5.97 Å². The van der Waals surface area contributed by atoms with E-state index in [1.54, 1.807) is 54.6 Å². The predicted molar refractivity (Wildman–Crippen MR) is 88.8 cm³/mol. The molecule has 2 aromatic carbocycles. The van der Waals surface area contributed by atoms with Gasteiger partial charge in [0.25, 0.3) is 0 Å². The Morgan fingerprint density at radius 1 is 1.09 bits per heavy atom. The van der Waals surface area contributed by atoms with E-state index >= 15 is 0 Å². The molecule has 118 valence electrons. The second-order valence-corrected chi connectivity index (χ2v) is 5.05. The lowest BCUT2D eigenvalue weighted by molar-refractivity contribution is -0.136.